The van der Waals surface area contributed by atoms with Crippen LogP contribution in [-0.2, 0) is 0 Å². The van der Waals surface area contributed by atoms with Crippen LogP contribution in [0.4, 0.5) is 0 Å². The van der Waals surface area contributed by atoms with E-state index in [0.29, 0.717) is 18.1 Å². The first kappa shape index (κ1) is 25.5. The molecular formula is C32H32BN2O4+. The maximum Gasteiger partial charge on any atom is 0.707 e. The Labute approximate surface area is 228 Å². The molecule has 6 nitrogen and oxygen atoms in total. The Bertz CT molecular complexity index is 1620. The third-order valence-electron chi connectivity index (χ3n) is 8.17. The highest BCUT2D eigenvalue weighted by atomic mass is 16.6. The standard InChI is InChI=1S/C18H13BO3.C14H19N2O/c20-19(21)22-17-7-3-6-12-8-9-15-10-13-4-1-2-5-14(13)11-16(15)18(12)17;17-14(13-4-2-1-3-5-13)12-16-9-6-15(7-10-16)8-11-16/h1-11,20-21H;1-5H,6-12H2/q;+1. The van der Waals surface area contributed by atoms with Gasteiger partial charge in [-0.05, 0) is 45.1 Å². The van der Waals surface area contributed by atoms with E-state index in [9.17, 15) is 4.79 Å². The van der Waals surface area contributed by atoms with Gasteiger partial charge in [0.2, 0.25) is 5.78 Å². The van der Waals surface area contributed by atoms with Gasteiger partial charge in [0.25, 0.3) is 0 Å². The topological polar surface area (TPSA) is 70.0 Å². The molecule has 3 saturated heterocycles. The van der Waals surface area contributed by atoms with E-state index in [4.69, 9.17) is 14.7 Å². The zero-order chi connectivity index (χ0) is 26.8. The van der Waals surface area contributed by atoms with Gasteiger partial charge in [-0.2, -0.15) is 0 Å². The van der Waals surface area contributed by atoms with Crippen molar-refractivity contribution in [2.24, 2.45) is 0 Å². The number of quaternary nitrogens is 1. The molecule has 0 radical (unpaired) electrons. The maximum atomic E-state index is 12.3. The lowest BCUT2D eigenvalue weighted by Crippen LogP contribution is -2.68. The molecule has 0 aliphatic carbocycles. The second kappa shape index (κ2) is 10.8. The van der Waals surface area contributed by atoms with Gasteiger partial charge in [-0.15, -0.1) is 0 Å². The average molecular weight is 519 g/mol. The normalized spacial score (nSPS) is 20.0. The molecule has 5 aromatic carbocycles. The Hall–Kier alpha value is -3.75. The Morgan fingerprint density at radius 1 is 0.744 bits per heavy atom. The van der Waals surface area contributed by atoms with Crippen LogP contribution in [0.3, 0.4) is 0 Å². The zero-order valence-corrected chi connectivity index (χ0v) is 21.9. The van der Waals surface area contributed by atoms with Crippen LogP contribution in [0.25, 0.3) is 32.3 Å². The van der Waals surface area contributed by atoms with Gasteiger partial charge in [0.1, 0.15) is 12.3 Å². The van der Waals surface area contributed by atoms with Gasteiger partial charge in [0.05, 0.1) is 19.6 Å². The summed E-state index contributed by atoms with van der Waals surface area (Å²) >= 11 is 0. The molecule has 2 bridgehead atoms. The Balaban J connectivity index is 0.000000147. The van der Waals surface area contributed by atoms with Crippen LogP contribution in [0.15, 0.2) is 97.1 Å². The third kappa shape index (κ3) is 5.40. The number of fused-ring (bicyclic) bond motifs is 7. The number of rotatable bonds is 5. The van der Waals surface area contributed by atoms with Crippen molar-refractivity contribution >= 4 is 45.4 Å². The molecule has 8 rings (SSSR count). The van der Waals surface area contributed by atoms with Crippen LogP contribution in [0.1, 0.15) is 10.4 Å². The van der Waals surface area contributed by atoms with E-state index in [1.54, 1.807) is 6.07 Å². The predicted octanol–water partition coefficient (Wildman–Crippen LogP) is 4.51. The monoisotopic (exact) mass is 519 g/mol. The molecule has 3 fully saturated rings. The Kier molecular flexibility index (Phi) is 7.06. The molecule has 3 heterocycles. The number of ketones is 1. The van der Waals surface area contributed by atoms with Crippen molar-refractivity contribution in [2.45, 2.75) is 0 Å². The zero-order valence-electron chi connectivity index (χ0n) is 21.9. The number of piperazine rings is 3. The van der Waals surface area contributed by atoms with E-state index < -0.39 is 7.32 Å². The molecule has 0 unspecified atom stereocenters. The summed E-state index contributed by atoms with van der Waals surface area (Å²) in [6.45, 7) is 7.65. The number of hydrogen-bond donors (Lipinski definition) is 2. The van der Waals surface area contributed by atoms with E-state index in [1.807, 2.05) is 60.7 Å². The Morgan fingerprint density at radius 3 is 2.05 bits per heavy atom. The smallest absolute Gasteiger partial charge is 0.511 e. The molecule has 0 spiro atoms. The van der Waals surface area contributed by atoms with Crippen LogP contribution < -0.4 is 4.65 Å². The first-order valence-electron chi connectivity index (χ1n) is 13.5. The minimum atomic E-state index is -1.83. The second-order valence-electron chi connectivity index (χ2n) is 10.6. The minimum absolute atomic E-state index is 0.306. The number of hydrogen-bond acceptors (Lipinski definition) is 5. The highest BCUT2D eigenvalue weighted by molar-refractivity contribution is 6.34. The maximum absolute atomic E-state index is 12.3. The molecule has 5 aromatic rings. The van der Waals surface area contributed by atoms with Crippen molar-refractivity contribution in [3.63, 3.8) is 0 Å². The summed E-state index contributed by atoms with van der Waals surface area (Å²) in [6.07, 6.45) is 0. The quantitative estimate of drug-likeness (QED) is 0.118. The molecular weight excluding hydrogens is 487 g/mol. The van der Waals surface area contributed by atoms with Gasteiger partial charge in [-0.25, -0.2) is 0 Å². The van der Waals surface area contributed by atoms with E-state index in [-0.39, 0.29) is 0 Å². The molecule has 0 atom stereocenters. The first-order valence-corrected chi connectivity index (χ1v) is 13.5. The van der Waals surface area contributed by atoms with Crippen molar-refractivity contribution < 1.29 is 24.0 Å². The van der Waals surface area contributed by atoms with Crippen molar-refractivity contribution in [2.75, 3.05) is 45.8 Å². The lowest BCUT2D eigenvalue weighted by Gasteiger charge is -2.50. The summed E-state index contributed by atoms with van der Waals surface area (Å²) in [4.78, 5) is 14.8. The molecule has 0 saturated carbocycles. The first-order chi connectivity index (χ1) is 19.0. The fourth-order valence-electron chi connectivity index (χ4n) is 5.97. The SMILES string of the molecule is O=C(C[N+]12CCN(CC1)CC2)c1ccccc1.OB(O)Oc1cccc2ccc3cc4ccccc4cc3c12. The fraction of sp³-hybridized carbons (Fsp3) is 0.219. The van der Waals surface area contributed by atoms with E-state index in [2.05, 4.69) is 35.2 Å². The third-order valence-corrected chi connectivity index (χ3v) is 8.17. The highest BCUT2D eigenvalue weighted by Crippen LogP contribution is 2.35. The minimum Gasteiger partial charge on any atom is -0.511 e. The van der Waals surface area contributed by atoms with Crippen LogP contribution in [-0.4, -0.2) is 78.3 Å². The van der Waals surface area contributed by atoms with Crippen molar-refractivity contribution in [1.82, 2.24) is 4.90 Å². The van der Waals surface area contributed by atoms with Gasteiger partial charge < -0.3 is 19.2 Å². The number of benzene rings is 5. The number of carbonyl (C=O) groups is 1. The summed E-state index contributed by atoms with van der Waals surface area (Å²) in [5.74, 6) is 0.773. The van der Waals surface area contributed by atoms with Gasteiger partial charge >= 0.3 is 7.32 Å². The summed E-state index contributed by atoms with van der Waals surface area (Å²) in [5.41, 5.74) is 0.869. The number of Topliss-reactive ketones (excluding diaryl/α,β-unsaturated/α-hetero) is 1. The number of nitrogens with zero attached hydrogens (tertiary/aromatic N) is 2. The molecule has 3 aliphatic rings. The summed E-state index contributed by atoms with van der Waals surface area (Å²) < 4.78 is 6.18. The van der Waals surface area contributed by atoms with Crippen molar-refractivity contribution in [3.05, 3.63) is 103 Å². The molecule has 3 aliphatic heterocycles. The van der Waals surface area contributed by atoms with Crippen molar-refractivity contribution in [1.29, 1.82) is 0 Å². The summed E-state index contributed by atoms with van der Waals surface area (Å²) in [6, 6.07) is 31.8. The average Bonchev–Trinajstić information content (AvgIpc) is 2.97. The predicted molar refractivity (Wildman–Crippen MR) is 157 cm³/mol. The summed E-state index contributed by atoms with van der Waals surface area (Å²) in [5, 5.41) is 24.6. The number of carbonyl (C=O) groups excluding carboxylic acids is 1. The summed E-state index contributed by atoms with van der Waals surface area (Å²) in [7, 11) is -1.83. The van der Waals surface area contributed by atoms with Crippen LogP contribution in [0.5, 0.6) is 5.75 Å². The Morgan fingerprint density at radius 2 is 1.36 bits per heavy atom. The van der Waals surface area contributed by atoms with Gasteiger partial charge in [-0.1, -0.05) is 78.9 Å². The van der Waals surface area contributed by atoms with E-state index in [1.165, 1.54) is 25.0 Å². The van der Waals surface area contributed by atoms with Crippen LogP contribution >= 0.6 is 0 Å². The van der Waals surface area contributed by atoms with Crippen molar-refractivity contribution in [3.8, 4) is 5.75 Å². The lowest BCUT2D eigenvalue weighted by molar-refractivity contribution is -0.933. The van der Waals surface area contributed by atoms with Gasteiger partial charge in [-0.3, -0.25) is 9.69 Å². The largest absolute Gasteiger partial charge is 0.707 e. The highest BCUT2D eigenvalue weighted by Gasteiger charge is 2.39. The van der Waals surface area contributed by atoms with Crippen LogP contribution in [0.2, 0.25) is 0 Å². The molecule has 2 N–H and O–H groups in total. The molecule has 196 valence electrons. The lowest BCUT2D eigenvalue weighted by atomic mass is 9.97. The van der Waals surface area contributed by atoms with E-state index >= 15 is 0 Å². The molecule has 39 heavy (non-hydrogen) atoms. The molecule has 0 aromatic heterocycles. The second-order valence-corrected chi connectivity index (χ2v) is 10.6. The van der Waals surface area contributed by atoms with E-state index in [0.717, 1.165) is 56.6 Å². The fourth-order valence-corrected chi connectivity index (χ4v) is 5.97. The molecule has 7 heteroatoms. The van der Waals surface area contributed by atoms with Gasteiger partial charge in [0, 0.05) is 30.6 Å². The van der Waals surface area contributed by atoms with Crippen LogP contribution in [0, 0.1) is 0 Å². The van der Waals surface area contributed by atoms with Gasteiger partial charge in [0.15, 0.2) is 0 Å². The molecule has 0 amide bonds.